The molecule has 0 aliphatic rings. The summed E-state index contributed by atoms with van der Waals surface area (Å²) in [6, 6.07) is 7.54. The van der Waals surface area contributed by atoms with Crippen molar-refractivity contribution in [2.75, 3.05) is 46.4 Å². The largest absolute Gasteiger partial charge is 0.497 e. The minimum Gasteiger partial charge on any atom is -0.497 e. The topological polar surface area (TPSA) is 39.5 Å². The van der Waals surface area contributed by atoms with E-state index in [-0.39, 0.29) is 0 Å². The molecule has 0 atom stereocenters. The predicted molar refractivity (Wildman–Crippen MR) is 84.8 cm³/mol. The Labute approximate surface area is 128 Å². The van der Waals surface area contributed by atoms with Gasteiger partial charge in [0, 0.05) is 0 Å². The zero-order valence-electron chi connectivity index (χ0n) is 13.4. The molecule has 0 saturated heterocycles. The summed E-state index contributed by atoms with van der Waals surface area (Å²) in [7, 11) is 1.65. The van der Waals surface area contributed by atoms with Crippen LogP contribution in [0.15, 0.2) is 24.3 Å². The third-order valence-electron chi connectivity index (χ3n) is 3.44. The first kappa shape index (κ1) is 17.4. The van der Waals surface area contributed by atoms with Gasteiger partial charge >= 0.3 is 0 Å². The molecule has 4 nitrogen and oxygen atoms in total. The molecule has 0 aliphatic heterocycles. The Hall–Kier alpha value is -1.70. The molecular weight excluding hydrogens is 264 g/mol. The second-order valence-corrected chi connectivity index (χ2v) is 4.81. The van der Waals surface area contributed by atoms with Crippen molar-refractivity contribution in [1.82, 2.24) is 0 Å². The molecule has 0 radical (unpaired) electrons. The van der Waals surface area contributed by atoms with Crippen LogP contribution >= 0.6 is 0 Å². The van der Waals surface area contributed by atoms with Gasteiger partial charge in [-0.25, -0.2) is 0 Å². The van der Waals surface area contributed by atoms with E-state index in [1.54, 1.807) is 12.0 Å². The molecular formula is C17H28N2O2+2. The van der Waals surface area contributed by atoms with Crippen molar-refractivity contribution < 1.29 is 19.7 Å². The standard InChI is InChI=1S/C17H26N2O2/c1-4-19(5-2)14-13-18-12-6-7-15-21-17-10-8-16(20-3)9-11-17/h8-11,18H,4-5,12-15H2,1-3H3/p+2. The molecule has 1 aromatic carbocycles. The van der Waals surface area contributed by atoms with E-state index in [1.807, 2.05) is 24.3 Å². The van der Waals surface area contributed by atoms with E-state index < -0.39 is 0 Å². The molecule has 0 heterocycles. The number of benzene rings is 1. The number of hydrogen-bond donors (Lipinski definition) is 2. The maximum absolute atomic E-state index is 5.54. The summed E-state index contributed by atoms with van der Waals surface area (Å²) in [5.74, 6) is 7.81. The summed E-state index contributed by atoms with van der Waals surface area (Å²) in [6.07, 6.45) is 0. The maximum atomic E-state index is 5.54. The van der Waals surface area contributed by atoms with Crippen LogP contribution in [0.3, 0.4) is 0 Å². The lowest BCUT2D eigenvalue weighted by molar-refractivity contribution is -0.908. The van der Waals surface area contributed by atoms with Crippen molar-refractivity contribution in [3.8, 4) is 23.3 Å². The van der Waals surface area contributed by atoms with E-state index in [1.165, 1.54) is 19.6 Å². The Morgan fingerprint density at radius 2 is 1.71 bits per heavy atom. The van der Waals surface area contributed by atoms with Crippen molar-refractivity contribution >= 4 is 0 Å². The molecule has 1 aromatic rings. The Kier molecular flexibility index (Phi) is 9.10. The molecule has 1 rings (SSSR count). The average Bonchev–Trinajstić information content (AvgIpc) is 2.54. The Bertz CT molecular complexity index is 430. The lowest BCUT2D eigenvalue weighted by Gasteiger charge is -2.13. The van der Waals surface area contributed by atoms with Crippen LogP contribution in [0.25, 0.3) is 0 Å². The second kappa shape index (κ2) is 11.0. The first-order valence-electron chi connectivity index (χ1n) is 7.68. The number of nitrogens with one attached hydrogen (secondary N) is 1. The molecule has 21 heavy (non-hydrogen) atoms. The summed E-state index contributed by atoms with van der Waals surface area (Å²) in [4.78, 5) is 1.64. The molecule has 3 N–H and O–H groups in total. The van der Waals surface area contributed by atoms with Crippen molar-refractivity contribution in [3.05, 3.63) is 24.3 Å². The van der Waals surface area contributed by atoms with Crippen molar-refractivity contribution in [2.24, 2.45) is 0 Å². The fourth-order valence-corrected chi connectivity index (χ4v) is 2.00. The van der Waals surface area contributed by atoms with Gasteiger partial charge in [-0.3, -0.25) is 0 Å². The number of hydrogen-bond acceptors (Lipinski definition) is 2. The van der Waals surface area contributed by atoms with Gasteiger partial charge in [0.25, 0.3) is 0 Å². The van der Waals surface area contributed by atoms with E-state index >= 15 is 0 Å². The van der Waals surface area contributed by atoms with E-state index in [4.69, 9.17) is 9.47 Å². The summed E-state index contributed by atoms with van der Waals surface area (Å²) >= 11 is 0. The van der Waals surface area contributed by atoms with Gasteiger partial charge in [-0.05, 0) is 44.0 Å². The zero-order chi connectivity index (χ0) is 15.3. The quantitative estimate of drug-likeness (QED) is 0.479. The lowest BCUT2D eigenvalue weighted by Crippen LogP contribution is -3.14. The number of methoxy groups -OCH3 is 1. The Balaban J connectivity index is 2.10. The van der Waals surface area contributed by atoms with Gasteiger partial charge in [-0.2, -0.15) is 0 Å². The highest BCUT2D eigenvalue weighted by atomic mass is 16.5. The second-order valence-electron chi connectivity index (χ2n) is 4.81. The van der Waals surface area contributed by atoms with E-state index in [2.05, 4.69) is 31.0 Å². The number of quaternary nitrogens is 2. The molecule has 0 aliphatic carbocycles. The summed E-state index contributed by atoms with van der Waals surface area (Å²) in [5.41, 5.74) is 0. The Morgan fingerprint density at radius 3 is 2.33 bits per heavy atom. The van der Waals surface area contributed by atoms with Crippen molar-refractivity contribution in [3.63, 3.8) is 0 Å². The first-order valence-corrected chi connectivity index (χ1v) is 7.68. The van der Waals surface area contributed by atoms with Crippen LogP contribution in [-0.4, -0.2) is 46.4 Å². The zero-order valence-corrected chi connectivity index (χ0v) is 13.4. The van der Waals surface area contributed by atoms with Crippen molar-refractivity contribution in [1.29, 1.82) is 0 Å². The van der Waals surface area contributed by atoms with Gasteiger partial charge in [-0.1, -0.05) is 5.92 Å². The van der Waals surface area contributed by atoms with Crippen LogP contribution in [0.1, 0.15) is 13.8 Å². The molecule has 116 valence electrons. The van der Waals surface area contributed by atoms with Gasteiger partial charge < -0.3 is 19.7 Å². The van der Waals surface area contributed by atoms with Crippen LogP contribution in [0.4, 0.5) is 0 Å². The van der Waals surface area contributed by atoms with Crippen LogP contribution < -0.4 is 19.7 Å². The van der Waals surface area contributed by atoms with Gasteiger partial charge in [-0.15, -0.1) is 0 Å². The molecule has 0 saturated carbocycles. The van der Waals surface area contributed by atoms with Gasteiger partial charge in [0.05, 0.1) is 20.2 Å². The van der Waals surface area contributed by atoms with Gasteiger partial charge in [0.2, 0.25) is 0 Å². The summed E-state index contributed by atoms with van der Waals surface area (Å²) in [6.45, 7) is 10.5. The van der Waals surface area contributed by atoms with Crippen LogP contribution in [0, 0.1) is 11.8 Å². The average molecular weight is 292 g/mol. The molecule has 0 bridgehead atoms. The smallest absolute Gasteiger partial charge is 0.149 e. The predicted octanol–water partition coefficient (Wildman–Crippen LogP) is -0.434. The third kappa shape index (κ3) is 7.60. The van der Waals surface area contributed by atoms with Crippen molar-refractivity contribution in [2.45, 2.75) is 13.8 Å². The minimum atomic E-state index is 0.432. The third-order valence-corrected chi connectivity index (χ3v) is 3.44. The SMILES string of the molecule is CC[NH+](CC)CC[NH2+]CC#CCOc1ccc(OC)cc1. The van der Waals surface area contributed by atoms with Crippen LogP contribution in [0.2, 0.25) is 0 Å². The molecule has 0 spiro atoms. The van der Waals surface area contributed by atoms with Crippen LogP contribution in [-0.2, 0) is 0 Å². The summed E-state index contributed by atoms with van der Waals surface area (Å²) in [5, 5.41) is 2.26. The number of nitrogens with two attached hydrogens (primary N) is 1. The molecule has 0 unspecified atom stereocenters. The number of rotatable bonds is 9. The fourth-order valence-electron chi connectivity index (χ4n) is 2.00. The highest BCUT2D eigenvalue weighted by Crippen LogP contribution is 2.16. The number of ether oxygens (including phenoxy) is 2. The first-order chi connectivity index (χ1) is 10.3. The number of likely N-dealkylation sites (N-methyl/N-ethyl adjacent to an activating group) is 1. The van der Waals surface area contributed by atoms with Crippen LogP contribution in [0.5, 0.6) is 11.5 Å². The highest BCUT2D eigenvalue weighted by Gasteiger charge is 2.01. The highest BCUT2D eigenvalue weighted by molar-refractivity contribution is 5.31. The minimum absolute atomic E-state index is 0.432. The molecule has 0 amide bonds. The maximum Gasteiger partial charge on any atom is 0.149 e. The normalized spacial score (nSPS) is 10.1. The molecule has 4 heteroatoms. The van der Waals surface area contributed by atoms with Gasteiger partial charge in [0.1, 0.15) is 37.7 Å². The Morgan fingerprint density at radius 1 is 1.05 bits per heavy atom. The monoisotopic (exact) mass is 292 g/mol. The van der Waals surface area contributed by atoms with E-state index in [0.717, 1.165) is 24.6 Å². The van der Waals surface area contributed by atoms with Gasteiger partial charge in [0.15, 0.2) is 0 Å². The molecule has 0 aromatic heterocycles. The fraction of sp³-hybridized carbons (Fsp3) is 0.529. The summed E-state index contributed by atoms with van der Waals surface area (Å²) < 4.78 is 10.6. The van der Waals surface area contributed by atoms with E-state index in [9.17, 15) is 0 Å². The lowest BCUT2D eigenvalue weighted by atomic mass is 10.3. The van der Waals surface area contributed by atoms with E-state index in [0.29, 0.717) is 6.61 Å². The molecule has 0 fully saturated rings.